The number of likely N-dealkylation sites (N-methyl/N-ethyl adjacent to an activating group) is 1. The Labute approximate surface area is 203 Å². The zero-order valence-corrected chi connectivity index (χ0v) is 19.3. The molecule has 1 aromatic heterocycles. The van der Waals surface area contributed by atoms with Crippen LogP contribution in [0.5, 0.6) is 5.75 Å². The van der Waals surface area contributed by atoms with Gasteiger partial charge in [0.2, 0.25) is 0 Å². The molecule has 1 amide bonds. The number of carbonyl (C=O) groups is 2. The van der Waals surface area contributed by atoms with Crippen LogP contribution in [0.15, 0.2) is 42.6 Å². The van der Waals surface area contributed by atoms with Gasteiger partial charge in [0, 0.05) is 48.9 Å². The van der Waals surface area contributed by atoms with Crippen molar-refractivity contribution < 1.29 is 37.2 Å². The lowest BCUT2D eigenvalue weighted by atomic mass is 10.1. The first-order chi connectivity index (χ1) is 16.5. The topological polar surface area (TPSA) is 131 Å². The van der Waals surface area contributed by atoms with Crippen molar-refractivity contribution in [2.75, 3.05) is 26.8 Å². The standard InChI is InChI=1S/C21H23ClF3N5O5/c1-29(8-6-16-5-2-3-7-28-16)18(31)14-11-15(22)13-17(12-14)33-9-4-10-34-30(20(26)27)35-19(32)21(23,24)25/h2-3,5,7,11-13H,4,6,8-10H2,1H3,(H3,26,27). The largest absolute Gasteiger partial charge is 0.493 e. The lowest BCUT2D eigenvalue weighted by Crippen LogP contribution is -2.42. The van der Waals surface area contributed by atoms with Crippen LogP contribution in [0.4, 0.5) is 13.2 Å². The minimum Gasteiger partial charge on any atom is -0.493 e. The number of benzene rings is 1. The van der Waals surface area contributed by atoms with Gasteiger partial charge in [-0.05, 0) is 35.6 Å². The van der Waals surface area contributed by atoms with E-state index in [1.54, 1.807) is 19.3 Å². The van der Waals surface area contributed by atoms with E-state index >= 15 is 0 Å². The van der Waals surface area contributed by atoms with Crippen molar-refractivity contribution in [2.45, 2.75) is 19.0 Å². The van der Waals surface area contributed by atoms with Crippen LogP contribution >= 0.6 is 11.6 Å². The summed E-state index contributed by atoms with van der Waals surface area (Å²) in [6.07, 6.45) is -2.93. The molecular weight excluding hydrogens is 495 g/mol. The summed E-state index contributed by atoms with van der Waals surface area (Å²) in [6, 6.07) is 10.0. The molecule has 0 spiro atoms. The summed E-state index contributed by atoms with van der Waals surface area (Å²) >= 11 is 6.10. The molecule has 14 heteroatoms. The van der Waals surface area contributed by atoms with E-state index in [2.05, 4.69) is 9.82 Å². The highest BCUT2D eigenvalue weighted by molar-refractivity contribution is 6.31. The van der Waals surface area contributed by atoms with E-state index in [9.17, 15) is 22.8 Å². The van der Waals surface area contributed by atoms with Gasteiger partial charge in [-0.15, -0.1) is 0 Å². The summed E-state index contributed by atoms with van der Waals surface area (Å²) < 4.78 is 42.3. The molecule has 190 valence electrons. The van der Waals surface area contributed by atoms with Gasteiger partial charge in [-0.3, -0.25) is 15.2 Å². The van der Waals surface area contributed by atoms with Gasteiger partial charge in [-0.1, -0.05) is 17.7 Å². The quantitative estimate of drug-likeness (QED) is 0.213. The van der Waals surface area contributed by atoms with E-state index in [1.165, 1.54) is 23.1 Å². The van der Waals surface area contributed by atoms with Crippen LogP contribution in [-0.2, 0) is 20.9 Å². The number of halogens is 4. The van der Waals surface area contributed by atoms with Gasteiger partial charge < -0.3 is 20.2 Å². The first-order valence-corrected chi connectivity index (χ1v) is 10.5. The normalized spacial score (nSPS) is 11.0. The summed E-state index contributed by atoms with van der Waals surface area (Å²) in [5.74, 6) is -3.65. The maximum absolute atomic E-state index is 12.8. The number of nitrogens with one attached hydrogen (secondary N) is 1. The lowest BCUT2D eigenvalue weighted by Gasteiger charge is -2.20. The monoisotopic (exact) mass is 517 g/mol. The predicted octanol–water partition coefficient (Wildman–Crippen LogP) is 2.97. The Morgan fingerprint density at radius 1 is 1.20 bits per heavy atom. The van der Waals surface area contributed by atoms with Gasteiger partial charge in [0.1, 0.15) is 5.75 Å². The molecule has 0 fully saturated rings. The van der Waals surface area contributed by atoms with Gasteiger partial charge in [-0.2, -0.15) is 13.2 Å². The molecule has 0 saturated heterocycles. The minimum atomic E-state index is -5.28. The Morgan fingerprint density at radius 2 is 1.94 bits per heavy atom. The van der Waals surface area contributed by atoms with Crippen molar-refractivity contribution in [1.29, 1.82) is 5.41 Å². The van der Waals surface area contributed by atoms with Gasteiger partial charge in [0.25, 0.3) is 11.9 Å². The van der Waals surface area contributed by atoms with Crippen molar-refractivity contribution in [3.63, 3.8) is 0 Å². The second-order valence-corrected chi connectivity index (χ2v) is 7.46. The highest BCUT2D eigenvalue weighted by atomic mass is 35.5. The van der Waals surface area contributed by atoms with E-state index < -0.39 is 18.1 Å². The van der Waals surface area contributed by atoms with E-state index in [4.69, 9.17) is 32.3 Å². The third-order valence-corrected chi connectivity index (χ3v) is 4.47. The Balaban J connectivity index is 1.85. The van der Waals surface area contributed by atoms with Crippen LogP contribution in [0, 0.1) is 5.41 Å². The molecule has 35 heavy (non-hydrogen) atoms. The summed E-state index contributed by atoms with van der Waals surface area (Å²) in [5, 5.41) is 7.23. The Morgan fingerprint density at radius 3 is 2.57 bits per heavy atom. The molecule has 10 nitrogen and oxygen atoms in total. The summed E-state index contributed by atoms with van der Waals surface area (Å²) in [7, 11) is 1.65. The second-order valence-electron chi connectivity index (χ2n) is 7.03. The van der Waals surface area contributed by atoms with Gasteiger partial charge in [0.15, 0.2) is 0 Å². The molecule has 0 saturated carbocycles. The number of hydrogen-bond acceptors (Lipinski definition) is 7. The fourth-order valence-corrected chi connectivity index (χ4v) is 2.81. The fourth-order valence-electron chi connectivity index (χ4n) is 2.59. The van der Waals surface area contributed by atoms with Crippen LogP contribution < -0.4 is 10.5 Å². The number of hydroxylamine groups is 2. The molecule has 0 aliphatic heterocycles. The van der Waals surface area contributed by atoms with Gasteiger partial charge in [0.05, 0.1) is 13.2 Å². The number of rotatable bonds is 10. The number of alkyl halides is 3. The first kappa shape index (κ1) is 27.7. The van der Waals surface area contributed by atoms with Crippen molar-refractivity contribution in [1.82, 2.24) is 15.1 Å². The van der Waals surface area contributed by atoms with Crippen molar-refractivity contribution >= 4 is 29.4 Å². The molecule has 0 aliphatic carbocycles. The van der Waals surface area contributed by atoms with Crippen molar-refractivity contribution in [2.24, 2.45) is 5.73 Å². The molecule has 0 radical (unpaired) electrons. The van der Waals surface area contributed by atoms with Crippen LogP contribution in [0.25, 0.3) is 0 Å². The number of aromatic nitrogens is 1. The smallest absolute Gasteiger partial charge is 0.493 e. The van der Waals surface area contributed by atoms with Crippen LogP contribution in [-0.4, -0.2) is 65.9 Å². The van der Waals surface area contributed by atoms with E-state index in [0.29, 0.717) is 18.5 Å². The van der Waals surface area contributed by atoms with Crippen molar-refractivity contribution in [3.05, 3.63) is 58.9 Å². The number of carbonyl (C=O) groups excluding carboxylic acids is 2. The average Bonchev–Trinajstić information content (AvgIpc) is 2.80. The number of amides is 1. The number of hydrogen-bond donors (Lipinski definition) is 2. The Kier molecular flexibility index (Phi) is 10.1. The molecule has 1 aromatic carbocycles. The zero-order chi connectivity index (χ0) is 26.0. The number of ether oxygens (including phenoxy) is 1. The molecular formula is C21H23ClF3N5O5. The van der Waals surface area contributed by atoms with Gasteiger partial charge >= 0.3 is 12.1 Å². The van der Waals surface area contributed by atoms with E-state index in [-0.39, 0.29) is 41.5 Å². The van der Waals surface area contributed by atoms with Crippen LogP contribution in [0.3, 0.4) is 0 Å². The van der Waals surface area contributed by atoms with Crippen LogP contribution in [0.2, 0.25) is 5.02 Å². The first-order valence-electron chi connectivity index (χ1n) is 10.1. The molecule has 0 atom stereocenters. The van der Waals surface area contributed by atoms with E-state index in [1.807, 2.05) is 12.1 Å². The number of guanidine groups is 1. The molecule has 2 rings (SSSR count). The predicted molar refractivity (Wildman–Crippen MR) is 118 cm³/mol. The summed E-state index contributed by atoms with van der Waals surface area (Å²) in [4.78, 5) is 38.0. The zero-order valence-electron chi connectivity index (χ0n) is 18.5. The third-order valence-electron chi connectivity index (χ3n) is 4.25. The maximum atomic E-state index is 12.8. The number of nitrogens with two attached hydrogens (primary N) is 1. The molecule has 3 N–H and O–H groups in total. The average molecular weight is 518 g/mol. The molecule has 2 aromatic rings. The third kappa shape index (κ3) is 9.29. The highest BCUT2D eigenvalue weighted by Crippen LogP contribution is 2.22. The molecule has 1 heterocycles. The van der Waals surface area contributed by atoms with Crippen molar-refractivity contribution in [3.8, 4) is 5.75 Å². The van der Waals surface area contributed by atoms with Crippen LogP contribution in [0.1, 0.15) is 22.5 Å². The molecule has 0 aliphatic rings. The fraction of sp³-hybridized carbons (Fsp3) is 0.333. The number of nitrogens with zero attached hydrogens (tertiary/aromatic N) is 3. The maximum Gasteiger partial charge on any atom is 0.493 e. The number of pyridine rings is 1. The minimum absolute atomic E-state index is 0.00243. The SMILES string of the molecule is CN(CCc1ccccn1)C(=O)c1cc(Cl)cc(OCCCON(OC(=O)C(F)(F)F)C(=N)N)c1. The Hall–Kier alpha value is -3.58. The lowest BCUT2D eigenvalue weighted by molar-refractivity contribution is -0.317. The molecule has 0 unspecified atom stereocenters. The van der Waals surface area contributed by atoms with E-state index in [0.717, 1.165) is 5.69 Å². The Bertz CT molecular complexity index is 1030. The summed E-state index contributed by atoms with van der Waals surface area (Å²) in [6.45, 7) is 0.136. The van der Waals surface area contributed by atoms with Gasteiger partial charge in [-0.25, -0.2) is 9.63 Å². The summed E-state index contributed by atoms with van der Waals surface area (Å²) in [5.41, 5.74) is 6.18. The highest BCUT2D eigenvalue weighted by Gasteiger charge is 2.43. The second kappa shape index (κ2) is 12.8. The molecule has 0 bridgehead atoms.